The Morgan fingerprint density at radius 3 is 2.58 bits per heavy atom. The molecule has 1 aromatic rings. The van der Waals surface area contributed by atoms with Crippen molar-refractivity contribution in [2.75, 3.05) is 17.0 Å². The van der Waals surface area contributed by atoms with Crippen LogP contribution in [0, 0.1) is 5.82 Å². The van der Waals surface area contributed by atoms with E-state index >= 15 is 0 Å². The topological polar surface area (TPSA) is 58.2 Å². The van der Waals surface area contributed by atoms with Gasteiger partial charge in [-0.1, -0.05) is 25.4 Å². The predicted molar refractivity (Wildman–Crippen MR) is 76.6 cm³/mol. The third-order valence-electron chi connectivity index (χ3n) is 2.28. The summed E-state index contributed by atoms with van der Waals surface area (Å²) in [5.41, 5.74) is 0.141. The highest BCUT2D eigenvalue weighted by Gasteiger charge is 2.11. The lowest BCUT2D eigenvalue weighted by molar-refractivity contribution is 0.571. The largest absolute Gasteiger partial charge is 0.314 e. The normalized spacial score (nSPS) is 11.8. The van der Waals surface area contributed by atoms with E-state index in [1.54, 1.807) is 0 Å². The Bertz CT molecular complexity index is 500. The number of hydrogen-bond donors (Lipinski definition) is 2. The lowest BCUT2D eigenvalue weighted by Crippen LogP contribution is -2.26. The molecule has 108 valence electrons. The fourth-order valence-electron chi connectivity index (χ4n) is 1.50. The van der Waals surface area contributed by atoms with Crippen molar-refractivity contribution in [2.45, 2.75) is 26.3 Å². The first-order valence-corrected chi connectivity index (χ1v) is 8.01. The van der Waals surface area contributed by atoms with Crippen molar-refractivity contribution in [1.82, 2.24) is 5.32 Å². The van der Waals surface area contributed by atoms with Gasteiger partial charge in [-0.2, -0.15) is 0 Å². The van der Waals surface area contributed by atoms with E-state index in [-0.39, 0.29) is 16.5 Å². The Kier molecular flexibility index (Phi) is 6.03. The zero-order valence-corrected chi connectivity index (χ0v) is 12.5. The Hall–Kier alpha value is -0.850. The smallest absolute Gasteiger partial charge is 0.232 e. The van der Waals surface area contributed by atoms with E-state index in [1.807, 2.05) is 13.8 Å². The van der Waals surface area contributed by atoms with E-state index in [9.17, 15) is 12.8 Å². The van der Waals surface area contributed by atoms with Crippen molar-refractivity contribution in [3.05, 3.63) is 29.0 Å². The van der Waals surface area contributed by atoms with Gasteiger partial charge in [-0.25, -0.2) is 12.8 Å². The average Bonchev–Trinajstić information content (AvgIpc) is 2.22. The van der Waals surface area contributed by atoms with Crippen molar-refractivity contribution in [1.29, 1.82) is 0 Å². The van der Waals surface area contributed by atoms with Crippen molar-refractivity contribution < 1.29 is 12.8 Å². The van der Waals surface area contributed by atoms with Crippen molar-refractivity contribution in [3.8, 4) is 0 Å². The van der Waals surface area contributed by atoms with E-state index in [0.717, 1.165) is 12.1 Å². The molecule has 0 bridgehead atoms. The molecule has 2 N–H and O–H groups in total. The Morgan fingerprint density at radius 2 is 2.00 bits per heavy atom. The summed E-state index contributed by atoms with van der Waals surface area (Å²) in [4.78, 5) is 0. The number of benzene rings is 1. The Balaban J connectivity index is 2.54. The Labute approximate surface area is 118 Å². The SMILES string of the molecule is CC(C)NCCCS(=O)(=O)Nc1cc(F)cc(Cl)c1. The first kappa shape index (κ1) is 16.2. The summed E-state index contributed by atoms with van der Waals surface area (Å²) in [5.74, 6) is -0.604. The fourth-order valence-corrected chi connectivity index (χ4v) is 2.82. The van der Waals surface area contributed by atoms with Crippen LogP contribution in [-0.2, 0) is 10.0 Å². The monoisotopic (exact) mass is 308 g/mol. The molecule has 0 amide bonds. The van der Waals surface area contributed by atoms with Gasteiger partial charge in [-0.05, 0) is 31.2 Å². The quantitative estimate of drug-likeness (QED) is 0.761. The summed E-state index contributed by atoms with van der Waals surface area (Å²) in [5, 5.41) is 3.28. The van der Waals surface area contributed by atoms with Gasteiger partial charge < -0.3 is 5.32 Å². The number of nitrogens with one attached hydrogen (secondary N) is 2. The van der Waals surface area contributed by atoms with E-state index < -0.39 is 15.8 Å². The van der Waals surface area contributed by atoms with Crippen LogP contribution < -0.4 is 10.0 Å². The first-order valence-electron chi connectivity index (χ1n) is 5.98. The summed E-state index contributed by atoms with van der Waals surface area (Å²) in [6.45, 7) is 4.59. The highest BCUT2D eigenvalue weighted by molar-refractivity contribution is 7.92. The molecule has 0 saturated carbocycles. The average molecular weight is 309 g/mol. The lowest BCUT2D eigenvalue weighted by atomic mass is 10.3. The van der Waals surface area contributed by atoms with Crippen LogP contribution in [0.3, 0.4) is 0 Å². The zero-order valence-electron chi connectivity index (χ0n) is 10.9. The molecule has 0 fully saturated rings. The van der Waals surface area contributed by atoms with Crippen LogP contribution in [0.2, 0.25) is 5.02 Å². The predicted octanol–water partition coefficient (Wildman–Crippen LogP) is 2.61. The van der Waals surface area contributed by atoms with E-state index in [4.69, 9.17) is 11.6 Å². The van der Waals surface area contributed by atoms with Crippen molar-refractivity contribution in [2.24, 2.45) is 0 Å². The summed E-state index contributed by atoms with van der Waals surface area (Å²) < 4.78 is 38.9. The van der Waals surface area contributed by atoms with E-state index in [2.05, 4.69) is 10.0 Å². The molecule has 0 aliphatic heterocycles. The lowest BCUT2D eigenvalue weighted by Gasteiger charge is -2.10. The third-order valence-corrected chi connectivity index (χ3v) is 3.87. The molecule has 4 nitrogen and oxygen atoms in total. The molecular formula is C12H18ClFN2O2S. The highest BCUT2D eigenvalue weighted by Crippen LogP contribution is 2.19. The van der Waals surface area contributed by atoms with Gasteiger partial charge in [0, 0.05) is 11.1 Å². The molecule has 0 aromatic heterocycles. The third kappa shape index (κ3) is 6.75. The molecule has 0 aliphatic rings. The molecule has 1 rings (SSSR count). The van der Waals surface area contributed by atoms with Crippen LogP contribution in [0.4, 0.5) is 10.1 Å². The summed E-state index contributed by atoms with van der Waals surface area (Å²) >= 11 is 5.66. The van der Waals surface area contributed by atoms with Crippen LogP contribution in [0.5, 0.6) is 0 Å². The molecular weight excluding hydrogens is 291 g/mol. The molecule has 0 heterocycles. The maximum atomic E-state index is 13.1. The van der Waals surface area contributed by atoms with Crippen molar-refractivity contribution in [3.63, 3.8) is 0 Å². The molecule has 1 aromatic carbocycles. The van der Waals surface area contributed by atoms with E-state index in [0.29, 0.717) is 19.0 Å². The van der Waals surface area contributed by atoms with Gasteiger partial charge in [0.05, 0.1) is 11.4 Å². The zero-order chi connectivity index (χ0) is 14.5. The molecule has 0 aliphatic carbocycles. The van der Waals surface area contributed by atoms with Gasteiger partial charge in [0.15, 0.2) is 0 Å². The molecule has 0 unspecified atom stereocenters. The van der Waals surface area contributed by atoms with Crippen LogP contribution >= 0.6 is 11.6 Å². The highest BCUT2D eigenvalue weighted by atomic mass is 35.5. The van der Waals surface area contributed by atoms with Gasteiger partial charge in [-0.15, -0.1) is 0 Å². The molecule has 0 radical (unpaired) electrons. The van der Waals surface area contributed by atoms with E-state index in [1.165, 1.54) is 6.07 Å². The minimum absolute atomic E-state index is 0.0269. The second-order valence-electron chi connectivity index (χ2n) is 4.54. The standard InChI is InChI=1S/C12H18ClFN2O2S/c1-9(2)15-4-3-5-19(17,18)16-12-7-10(13)6-11(14)8-12/h6-9,15-16H,3-5H2,1-2H3. The summed E-state index contributed by atoms with van der Waals surface area (Å²) in [6, 6.07) is 3.90. The van der Waals surface area contributed by atoms with Crippen LogP contribution in [0.1, 0.15) is 20.3 Å². The minimum Gasteiger partial charge on any atom is -0.314 e. The number of halogens is 2. The van der Waals surface area contributed by atoms with Crippen LogP contribution in [0.25, 0.3) is 0 Å². The summed E-state index contributed by atoms with van der Waals surface area (Å²) in [6.07, 6.45) is 0.483. The first-order chi connectivity index (χ1) is 8.78. The number of anilines is 1. The minimum atomic E-state index is -3.48. The second-order valence-corrected chi connectivity index (χ2v) is 6.82. The summed E-state index contributed by atoms with van der Waals surface area (Å²) in [7, 11) is -3.48. The Morgan fingerprint density at radius 1 is 1.32 bits per heavy atom. The second kappa shape index (κ2) is 7.07. The van der Waals surface area contributed by atoms with Crippen molar-refractivity contribution >= 4 is 27.3 Å². The maximum Gasteiger partial charge on any atom is 0.232 e. The number of rotatable bonds is 7. The van der Waals surface area contributed by atoms with Crippen LogP contribution in [-0.4, -0.2) is 26.8 Å². The maximum absolute atomic E-state index is 13.1. The van der Waals surface area contributed by atoms with Gasteiger partial charge in [-0.3, -0.25) is 4.72 Å². The molecule has 19 heavy (non-hydrogen) atoms. The fraction of sp³-hybridized carbons (Fsp3) is 0.500. The van der Waals surface area contributed by atoms with Gasteiger partial charge in [0.2, 0.25) is 10.0 Å². The molecule has 7 heteroatoms. The van der Waals surface area contributed by atoms with Gasteiger partial charge >= 0.3 is 0 Å². The molecule has 0 saturated heterocycles. The number of hydrogen-bond acceptors (Lipinski definition) is 3. The van der Waals surface area contributed by atoms with Gasteiger partial charge in [0.25, 0.3) is 0 Å². The molecule has 0 atom stereocenters. The number of sulfonamides is 1. The van der Waals surface area contributed by atoms with Crippen LogP contribution in [0.15, 0.2) is 18.2 Å². The van der Waals surface area contributed by atoms with Gasteiger partial charge in [0.1, 0.15) is 5.82 Å². The molecule has 0 spiro atoms.